The fourth-order valence-electron chi connectivity index (χ4n) is 5.40. The molecule has 0 aromatic carbocycles. The van der Waals surface area contributed by atoms with E-state index in [0.717, 1.165) is 11.3 Å². The van der Waals surface area contributed by atoms with Crippen molar-refractivity contribution >= 4 is 34.0 Å². The minimum Gasteiger partial charge on any atom is -0.365 e. The zero-order chi connectivity index (χ0) is 20.4. The van der Waals surface area contributed by atoms with Crippen molar-refractivity contribution in [2.75, 3.05) is 5.32 Å². The molecule has 0 saturated heterocycles. The lowest BCUT2D eigenvalue weighted by Gasteiger charge is -2.47. The van der Waals surface area contributed by atoms with Gasteiger partial charge in [-0.15, -0.1) is 5.10 Å². The lowest BCUT2D eigenvalue weighted by Crippen LogP contribution is -2.47. The first-order valence-electron chi connectivity index (χ1n) is 10.4. The molecule has 3 fully saturated rings. The second kappa shape index (κ2) is 6.63. The van der Waals surface area contributed by atoms with E-state index in [1.807, 2.05) is 0 Å². The number of pyridine rings is 1. The Kier molecular flexibility index (Phi) is 3.99. The smallest absolute Gasteiger partial charge is 0.200 e. The zero-order valence-electron chi connectivity index (χ0n) is 16.4. The first-order valence-corrected chi connectivity index (χ1v) is 10.8. The number of aromatic nitrogens is 6. The first kappa shape index (κ1) is 18.1. The van der Waals surface area contributed by atoms with Crippen LogP contribution in [0.2, 0.25) is 5.02 Å². The van der Waals surface area contributed by atoms with Gasteiger partial charge in [-0.2, -0.15) is 5.10 Å². The average molecular weight is 426 g/mol. The van der Waals surface area contributed by atoms with Gasteiger partial charge < -0.3 is 5.32 Å². The van der Waals surface area contributed by atoms with Gasteiger partial charge in [-0.3, -0.25) is 5.10 Å². The van der Waals surface area contributed by atoms with E-state index < -0.39 is 0 Å². The third-order valence-electron chi connectivity index (χ3n) is 7.00. The minimum atomic E-state index is -0.336. The van der Waals surface area contributed by atoms with E-state index >= 15 is 0 Å². The van der Waals surface area contributed by atoms with Gasteiger partial charge in [0.15, 0.2) is 17.3 Å². The van der Waals surface area contributed by atoms with Crippen LogP contribution in [0, 0.1) is 23.6 Å². The average Bonchev–Trinajstić information content (AvgIpc) is 3.34. The summed E-state index contributed by atoms with van der Waals surface area (Å²) >= 11 is 6.13. The van der Waals surface area contributed by atoms with Crippen molar-refractivity contribution in [2.45, 2.75) is 38.6 Å². The number of hydrogen-bond acceptors (Lipinski definition) is 5. The third-order valence-corrected chi connectivity index (χ3v) is 7.21. The summed E-state index contributed by atoms with van der Waals surface area (Å²) < 4.78 is 16.2. The Bertz CT molecular complexity index is 1260. The Labute approximate surface area is 177 Å². The van der Waals surface area contributed by atoms with Crippen molar-refractivity contribution in [1.82, 2.24) is 29.8 Å². The maximum Gasteiger partial charge on any atom is 0.200 e. The molecular formula is C21H21ClFN7. The second-order valence-corrected chi connectivity index (χ2v) is 9.00. The van der Waals surface area contributed by atoms with Gasteiger partial charge in [0.1, 0.15) is 11.2 Å². The van der Waals surface area contributed by atoms with E-state index in [2.05, 4.69) is 32.5 Å². The van der Waals surface area contributed by atoms with E-state index in [-0.39, 0.29) is 11.9 Å². The lowest BCUT2D eigenvalue weighted by atomic mass is 9.62. The van der Waals surface area contributed by atoms with E-state index in [4.69, 9.17) is 16.6 Å². The molecule has 154 valence electrons. The van der Waals surface area contributed by atoms with Gasteiger partial charge in [-0.05, 0) is 55.6 Å². The summed E-state index contributed by atoms with van der Waals surface area (Å²) in [6, 6.07) is 3.48. The predicted octanol–water partition coefficient (Wildman–Crippen LogP) is 4.70. The van der Waals surface area contributed by atoms with Crippen molar-refractivity contribution in [1.29, 1.82) is 0 Å². The molecule has 7 nitrogen and oxygen atoms in total. The Hall–Kier alpha value is -2.74. The second-order valence-electron chi connectivity index (χ2n) is 8.57. The monoisotopic (exact) mass is 425 g/mol. The SMILES string of the molecule is C[C@H]1C2CCC(CC2)[C@@H]1Nc1nc(-c2[nH]nc3ncc(Cl)cc23)nn2ccc(F)c12. The molecule has 7 rings (SSSR count). The number of fused-ring (bicyclic) bond motifs is 5. The molecule has 4 heterocycles. The standard InChI is InChI=1S/C21H21ClFN7/c1-10-11-2-4-12(5-3-11)16(10)25-21-18-15(23)6-7-30(18)29-20(26-21)17-14-8-13(22)9-24-19(14)28-27-17/h6-12,16H,2-5H2,1H3,(H,24,27,28)(H,25,26,29)/t10-,11?,12?,16+/m0/s1. The fraction of sp³-hybridized carbons (Fsp3) is 0.429. The highest BCUT2D eigenvalue weighted by Crippen LogP contribution is 2.46. The topological polar surface area (TPSA) is 83.8 Å². The van der Waals surface area contributed by atoms with Gasteiger partial charge in [-0.1, -0.05) is 18.5 Å². The molecular weight excluding hydrogens is 405 g/mol. The predicted molar refractivity (Wildman–Crippen MR) is 113 cm³/mol. The number of H-pyrrole nitrogens is 1. The molecule has 3 aliphatic rings. The van der Waals surface area contributed by atoms with Crippen LogP contribution in [0.15, 0.2) is 24.5 Å². The Morgan fingerprint density at radius 2 is 2.03 bits per heavy atom. The molecule has 0 spiro atoms. The first-order chi connectivity index (χ1) is 14.6. The van der Waals surface area contributed by atoms with E-state index in [0.29, 0.717) is 45.4 Å². The van der Waals surface area contributed by atoms with Crippen LogP contribution >= 0.6 is 11.6 Å². The van der Waals surface area contributed by atoms with Crippen LogP contribution in [0.3, 0.4) is 0 Å². The van der Waals surface area contributed by atoms with Crippen molar-refractivity contribution < 1.29 is 4.39 Å². The van der Waals surface area contributed by atoms with Crippen molar-refractivity contribution in [3.05, 3.63) is 35.4 Å². The molecule has 3 aliphatic carbocycles. The summed E-state index contributed by atoms with van der Waals surface area (Å²) in [5, 5.41) is 16.6. The zero-order valence-corrected chi connectivity index (χ0v) is 17.2. The minimum absolute atomic E-state index is 0.285. The van der Waals surface area contributed by atoms with Crippen LogP contribution in [0.25, 0.3) is 28.1 Å². The molecule has 2 bridgehead atoms. The number of nitrogens with one attached hydrogen (secondary N) is 2. The fourth-order valence-corrected chi connectivity index (χ4v) is 5.56. The molecule has 4 aromatic heterocycles. The molecule has 4 aromatic rings. The van der Waals surface area contributed by atoms with Crippen LogP contribution in [0.1, 0.15) is 32.6 Å². The van der Waals surface area contributed by atoms with Gasteiger partial charge >= 0.3 is 0 Å². The molecule has 0 radical (unpaired) electrons. The third kappa shape index (κ3) is 2.70. The van der Waals surface area contributed by atoms with E-state index in [9.17, 15) is 4.39 Å². The van der Waals surface area contributed by atoms with Crippen LogP contribution in [-0.2, 0) is 0 Å². The molecule has 3 saturated carbocycles. The number of aromatic amines is 1. The van der Waals surface area contributed by atoms with Crippen molar-refractivity contribution in [3.8, 4) is 11.5 Å². The maximum atomic E-state index is 14.6. The van der Waals surface area contributed by atoms with Crippen LogP contribution in [-0.4, -0.2) is 35.8 Å². The molecule has 0 aliphatic heterocycles. The Balaban J connectivity index is 1.48. The number of anilines is 1. The molecule has 9 heteroatoms. The van der Waals surface area contributed by atoms with Crippen molar-refractivity contribution in [2.24, 2.45) is 17.8 Å². The number of rotatable bonds is 3. The van der Waals surface area contributed by atoms with Crippen LogP contribution < -0.4 is 5.32 Å². The number of hydrogen-bond donors (Lipinski definition) is 2. The quantitative estimate of drug-likeness (QED) is 0.497. The van der Waals surface area contributed by atoms with Gasteiger partial charge in [0.05, 0.1) is 10.4 Å². The summed E-state index contributed by atoms with van der Waals surface area (Å²) in [4.78, 5) is 8.98. The highest BCUT2D eigenvalue weighted by atomic mass is 35.5. The summed E-state index contributed by atoms with van der Waals surface area (Å²) in [7, 11) is 0. The van der Waals surface area contributed by atoms with Gasteiger partial charge in [0.2, 0.25) is 5.82 Å². The molecule has 30 heavy (non-hydrogen) atoms. The highest BCUT2D eigenvalue weighted by molar-refractivity contribution is 6.31. The molecule has 2 N–H and O–H groups in total. The van der Waals surface area contributed by atoms with E-state index in [1.54, 1.807) is 18.5 Å². The Morgan fingerprint density at radius 3 is 2.83 bits per heavy atom. The number of nitrogens with zero attached hydrogens (tertiary/aromatic N) is 5. The summed E-state index contributed by atoms with van der Waals surface area (Å²) in [5.74, 6) is 2.45. The normalized spacial score (nSPS) is 26.0. The van der Waals surface area contributed by atoms with Gasteiger partial charge in [0, 0.05) is 18.4 Å². The Morgan fingerprint density at radius 1 is 1.23 bits per heavy atom. The lowest BCUT2D eigenvalue weighted by molar-refractivity contribution is 0.0928. The molecule has 2 atom stereocenters. The van der Waals surface area contributed by atoms with E-state index in [1.165, 1.54) is 36.3 Å². The largest absolute Gasteiger partial charge is 0.365 e. The molecule has 0 unspecified atom stereocenters. The van der Waals surface area contributed by atoms with Crippen LogP contribution in [0.4, 0.5) is 10.2 Å². The van der Waals surface area contributed by atoms with Crippen molar-refractivity contribution in [3.63, 3.8) is 0 Å². The van der Waals surface area contributed by atoms with Gasteiger partial charge in [-0.25, -0.2) is 18.9 Å². The summed E-state index contributed by atoms with van der Waals surface area (Å²) in [6.07, 6.45) is 8.19. The summed E-state index contributed by atoms with van der Waals surface area (Å²) in [6.45, 7) is 2.30. The highest BCUT2D eigenvalue weighted by Gasteiger charge is 2.41. The summed E-state index contributed by atoms with van der Waals surface area (Å²) in [5.41, 5.74) is 1.51. The molecule has 0 amide bonds. The van der Waals surface area contributed by atoms with Gasteiger partial charge in [0.25, 0.3) is 0 Å². The van der Waals surface area contributed by atoms with Crippen LogP contribution in [0.5, 0.6) is 0 Å². The maximum absolute atomic E-state index is 14.6. The number of halogens is 2.